The summed E-state index contributed by atoms with van der Waals surface area (Å²) in [6.45, 7) is 6.70. The lowest BCUT2D eigenvalue weighted by atomic mass is 9.82. The number of hydrogen-bond donors (Lipinski definition) is 1. The van der Waals surface area contributed by atoms with Gasteiger partial charge in [0, 0.05) is 26.2 Å². The van der Waals surface area contributed by atoms with E-state index in [4.69, 9.17) is 4.99 Å². The average Bonchev–Trinajstić information content (AvgIpc) is 3.14. The summed E-state index contributed by atoms with van der Waals surface area (Å²) in [4.78, 5) is 7.40. The number of aliphatic imine (C=N–C) groups is 1. The van der Waals surface area contributed by atoms with Crippen molar-refractivity contribution in [3.63, 3.8) is 0 Å². The first-order chi connectivity index (χ1) is 9.36. The summed E-state index contributed by atoms with van der Waals surface area (Å²) in [6.07, 6.45) is 9.98. The summed E-state index contributed by atoms with van der Waals surface area (Å²) in [7, 11) is 0. The van der Waals surface area contributed by atoms with Gasteiger partial charge in [-0.15, -0.1) is 24.0 Å². The van der Waals surface area contributed by atoms with Gasteiger partial charge in [-0.3, -0.25) is 4.99 Å². The molecule has 1 aliphatic heterocycles. The van der Waals surface area contributed by atoms with E-state index in [1.807, 2.05) is 0 Å². The van der Waals surface area contributed by atoms with Crippen molar-refractivity contribution in [2.45, 2.75) is 51.9 Å². The predicted molar refractivity (Wildman–Crippen MR) is 95.8 cm³/mol. The minimum Gasteiger partial charge on any atom is -0.357 e. The van der Waals surface area contributed by atoms with Crippen LogP contribution < -0.4 is 5.32 Å². The maximum Gasteiger partial charge on any atom is 0.193 e. The van der Waals surface area contributed by atoms with Gasteiger partial charge in [0.05, 0.1) is 0 Å². The molecule has 0 aromatic carbocycles. The van der Waals surface area contributed by atoms with Crippen molar-refractivity contribution in [2.24, 2.45) is 22.7 Å². The molecule has 1 N–H and O–H groups in total. The van der Waals surface area contributed by atoms with Gasteiger partial charge < -0.3 is 10.2 Å². The van der Waals surface area contributed by atoms with Gasteiger partial charge in [0.25, 0.3) is 0 Å². The topological polar surface area (TPSA) is 27.6 Å². The van der Waals surface area contributed by atoms with E-state index in [1.54, 1.807) is 0 Å². The number of fused-ring (bicyclic) bond motifs is 1. The molecule has 2 aliphatic carbocycles. The van der Waals surface area contributed by atoms with Crippen LogP contribution in [0.4, 0.5) is 0 Å². The minimum absolute atomic E-state index is 0. The number of halogens is 1. The molecule has 3 rings (SSSR count). The van der Waals surface area contributed by atoms with Crippen LogP contribution in [0.15, 0.2) is 4.99 Å². The number of rotatable bonds is 4. The van der Waals surface area contributed by atoms with Crippen LogP contribution in [0, 0.1) is 17.8 Å². The molecule has 3 fully saturated rings. The Bertz CT molecular complexity index is 314. The standard InChI is InChI=1S/C16H29N3.HI/c1-2-17-16(18-10-9-13-7-8-13)19-11-14-5-3-4-6-15(14)12-19;/h13-15H,2-12H2,1H3,(H,17,18);1H. The molecule has 1 saturated heterocycles. The van der Waals surface area contributed by atoms with Crippen LogP contribution in [0.5, 0.6) is 0 Å². The lowest BCUT2D eigenvalue weighted by Crippen LogP contribution is -2.40. The fraction of sp³-hybridized carbons (Fsp3) is 0.938. The molecule has 3 aliphatic rings. The zero-order valence-corrected chi connectivity index (χ0v) is 15.1. The molecule has 1 heterocycles. The molecular weight excluding hydrogens is 361 g/mol. The number of guanidine groups is 1. The van der Waals surface area contributed by atoms with Crippen LogP contribution >= 0.6 is 24.0 Å². The maximum absolute atomic E-state index is 4.86. The smallest absolute Gasteiger partial charge is 0.193 e. The molecule has 20 heavy (non-hydrogen) atoms. The van der Waals surface area contributed by atoms with Crippen molar-refractivity contribution in [3.05, 3.63) is 0 Å². The van der Waals surface area contributed by atoms with Gasteiger partial charge in [-0.1, -0.05) is 25.7 Å². The number of nitrogens with one attached hydrogen (secondary N) is 1. The molecule has 2 atom stereocenters. The van der Waals surface area contributed by atoms with Crippen LogP contribution in [0.2, 0.25) is 0 Å². The van der Waals surface area contributed by atoms with Gasteiger partial charge in [-0.05, 0) is 43.9 Å². The first kappa shape index (κ1) is 16.4. The first-order valence-electron chi connectivity index (χ1n) is 8.40. The molecule has 0 spiro atoms. The lowest BCUT2D eigenvalue weighted by Gasteiger charge is -2.22. The Morgan fingerprint density at radius 2 is 1.75 bits per heavy atom. The van der Waals surface area contributed by atoms with E-state index in [0.29, 0.717) is 0 Å². The Balaban J connectivity index is 0.00000147. The largest absolute Gasteiger partial charge is 0.357 e. The van der Waals surface area contributed by atoms with E-state index in [1.165, 1.54) is 64.0 Å². The summed E-state index contributed by atoms with van der Waals surface area (Å²) in [6, 6.07) is 0. The Labute approximate surface area is 141 Å². The number of likely N-dealkylation sites (tertiary alicyclic amines) is 1. The molecule has 4 heteroatoms. The second-order valence-electron chi connectivity index (χ2n) is 6.68. The molecule has 2 saturated carbocycles. The van der Waals surface area contributed by atoms with Gasteiger partial charge in [-0.2, -0.15) is 0 Å². The highest BCUT2D eigenvalue weighted by Crippen LogP contribution is 2.36. The van der Waals surface area contributed by atoms with Crippen LogP contribution in [0.3, 0.4) is 0 Å². The van der Waals surface area contributed by atoms with Crippen LogP contribution in [-0.4, -0.2) is 37.0 Å². The highest BCUT2D eigenvalue weighted by atomic mass is 127. The SMILES string of the molecule is CCNC(=NCCC1CC1)N1CC2CCCCC2C1.I. The fourth-order valence-electron chi connectivity index (χ4n) is 3.76. The second kappa shape index (κ2) is 7.85. The number of nitrogens with zero attached hydrogens (tertiary/aromatic N) is 2. The summed E-state index contributed by atoms with van der Waals surface area (Å²) >= 11 is 0. The molecule has 0 amide bonds. The normalized spacial score (nSPS) is 29.9. The van der Waals surface area contributed by atoms with Crippen molar-refractivity contribution in [1.82, 2.24) is 10.2 Å². The zero-order valence-electron chi connectivity index (χ0n) is 12.8. The lowest BCUT2D eigenvalue weighted by molar-refractivity contribution is 0.299. The van der Waals surface area contributed by atoms with Crippen molar-refractivity contribution < 1.29 is 0 Å². The van der Waals surface area contributed by atoms with Crippen LogP contribution in [-0.2, 0) is 0 Å². The second-order valence-corrected chi connectivity index (χ2v) is 6.68. The van der Waals surface area contributed by atoms with E-state index in [0.717, 1.165) is 30.8 Å². The van der Waals surface area contributed by atoms with E-state index in [-0.39, 0.29) is 24.0 Å². The molecule has 116 valence electrons. The maximum atomic E-state index is 4.86. The fourth-order valence-corrected chi connectivity index (χ4v) is 3.76. The Morgan fingerprint density at radius 3 is 2.30 bits per heavy atom. The quantitative estimate of drug-likeness (QED) is 0.451. The Morgan fingerprint density at radius 1 is 1.10 bits per heavy atom. The van der Waals surface area contributed by atoms with Crippen molar-refractivity contribution in [3.8, 4) is 0 Å². The predicted octanol–water partition coefficient (Wildman–Crippen LogP) is 3.49. The third kappa shape index (κ3) is 4.25. The third-order valence-electron chi connectivity index (χ3n) is 5.11. The molecule has 0 radical (unpaired) electrons. The van der Waals surface area contributed by atoms with E-state index in [9.17, 15) is 0 Å². The first-order valence-corrected chi connectivity index (χ1v) is 8.40. The van der Waals surface area contributed by atoms with Gasteiger partial charge >= 0.3 is 0 Å². The summed E-state index contributed by atoms with van der Waals surface area (Å²) < 4.78 is 0. The van der Waals surface area contributed by atoms with Crippen LogP contribution in [0.25, 0.3) is 0 Å². The Hall–Kier alpha value is 0. The molecule has 2 unspecified atom stereocenters. The van der Waals surface area contributed by atoms with Gasteiger partial charge in [0.1, 0.15) is 0 Å². The van der Waals surface area contributed by atoms with E-state index >= 15 is 0 Å². The number of hydrogen-bond acceptors (Lipinski definition) is 1. The van der Waals surface area contributed by atoms with E-state index < -0.39 is 0 Å². The third-order valence-corrected chi connectivity index (χ3v) is 5.11. The molecular formula is C16H30IN3. The summed E-state index contributed by atoms with van der Waals surface area (Å²) in [5.41, 5.74) is 0. The molecule has 3 nitrogen and oxygen atoms in total. The minimum atomic E-state index is 0. The monoisotopic (exact) mass is 391 g/mol. The summed E-state index contributed by atoms with van der Waals surface area (Å²) in [5.74, 6) is 4.08. The van der Waals surface area contributed by atoms with Crippen molar-refractivity contribution in [2.75, 3.05) is 26.2 Å². The van der Waals surface area contributed by atoms with E-state index in [2.05, 4.69) is 17.1 Å². The zero-order chi connectivity index (χ0) is 13.1. The molecule has 0 aromatic rings. The highest BCUT2D eigenvalue weighted by molar-refractivity contribution is 14.0. The Kier molecular flexibility index (Phi) is 6.43. The van der Waals surface area contributed by atoms with Crippen molar-refractivity contribution >= 4 is 29.9 Å². The van der Waals surface area contributed by atoms with Gasteiger partial charge in [0.15, 0.2) is 5.96 Å². The van der Waals surface area contributed by atoms with Crippen LogP contribution in [0.1, 0.15) is 51.9 Å². The molecule has 0 aromatic heterocycles. The average molecular weight is 391 g/mol. The molecule has 0 bridgehead atoms. The highest BCUT2D eigenvalue weighted by Gasteiger charge is 2.35. The van der Waals surface area contributed by atoms with Gasteiger partial charge in [0.2, 0.25) is 0 Å². The van der Waals surface area contributed by atoms with Gasteiger partial charge in [-0.25, -0.2) is 0 Å². The summed E-state index contributed by atoms with van der Waals surface area (Å²) in [5, 5.41) is 3.50. The van der Waals surface area contributed by atoms with Crippen molar-refractivity contribution in [1.29, 1.82) is 0 Å².